The summed E-state index contributed by atoms with van der Waals surface area (Å²) in [6.45, 7) is 1.91. The van der Waals surface area contributed by atoms with E-state index < -0.39 is 0 Å². The first-order valence-electron chi connectivity index (χ1n) is 5.40. The third-order valence-corrected chi connectivity index (χ3v) is 2.75. The zero-order valence-corrected chi connectivity index (χ0v) is 10.7. The van der Waals surface area contributed by atoms with Gasteiger partial charge in [-0.2, -0.15) is 0 Å². The fourth-order valence-corrected chi connectivity index (χ4v) is 1.82. The molecule has 1 rings (SSSR count). The number of carbonyl (C=O) groups excluding carboxylic acids is 2. The van der Waals surface area contributed by atoms with Crippen LogP contribution in [0.2, 0.25) is 5.02 Å². The van der Waals surface area contributed by atoms with Gasteiger partial charge in [-0.15, -0.1) is 0 Å². The fourth-order valence-electron chi connectivity index (χ4n) is 1.48. The van der Waals surface area contributed by atoms with E-state index in [1.165, 1.54) is 7.11 Å². The van der Waals surface area contributed by atoms with Gasteiger partial charge < -0.3 is 4.74 Å². The van der Waals surface area contributed by atoms with Crippen molar-refractivity contribution in [1.82, 2.24) is 0 Å². The molecule has 0 saturated heterocycles. The van der Waals surface area contributed by atoms with Crippen molar-refractivity contribution < 1.29 is 14.3 Å². The van der Waals surface area contributed by atoms with E-state index in [-0.39, 0.29) is 18.2 Å². The monoisotopic (exact) mass is 254 g/mol. The lowest BCUT2D eigenvalue weighted by molar-refractivity contribution is -0.140. The summed E-state index contributed by atoms with van der Waals surface area (Å²) in [6.07, 6.45) is 1.04. The molecule has 3 nitrogen and oxygen atoms in total. The molecule has 17 heavy (non-hydrogen) atoms. The number of benzene rings is 1. The van der Waals surface area contributed by atoms with Gasteiger partial charge in [-0.1, -0.05) is 17.7 Å². The van der Waals surface area contributed by atoms with Gasteiger partial charge in [0.05, 0.1) is 12.1 Å². The summed E-state index contributed by atoms with van der Waals surface area (Å²) in [5.74, 6) is -0.341. The summed E-state index contributed by atoms with van der Waals surface area (Å²) >= 11 is 5.98. The molecule has 0 unspecified atom stereocenters. The molecule has 0 aliphatic rings. The number of ketones is 1. The summed E-state index contributed by atoms with van der Waals surface area (Å²) in [5.41, 5.74) is 1.53. The Bertz CT molecular complexity index is 427. The fraction of sp³-hybridized carbons (Fsp3) is 0.385. The maximum absolute atomic E-state index is 11.8. The van der Waals surface area contributed by atoms with Crippen LogP contribution in [0.1, 0.15) is 35.2 Å². The minimum absolute atomic E-state index is 0.0427. The first-order valence-corrected chi connectivity index (χ1v) is 5.78. The second-order valence-electron chi connectivity index (χ2n) is 3.84. The van der Waals surface area contributed by atoms with Crippen molar-refractivity contribution >= 4 is 23.4 Å². The number of hydrogen-bond donors (Lipinski definition) is 0. The highest BCUT2D eigenvalue weighted by Crippen LogP contribution is 2.19. The molecule has 0 aromatic heterocycles. The van der Waals surface area contributed by atoms with Crippen LogP contribution in [0, 0.1) is 6.92 Å². The molecule has 0 heterocycles. The van der Waals surface area contributed by atoms with Crippen molar-refractivity contribution in [2.24, 2.45) is 0 Å². The van der Waals surface area contributed by atoms with E-state index in [1.807, 2.05) is 13.0 Å². The first kappa shape index (κ1) is 13.7. The second kappa shape index (κ2) is 6.40. The molecule has 0 bridgehead atoms. The van der Waals surface area contributed by atoms with Gasteiger partial charge in [0.2, 0.25) is 0 Å². The van der Waals surface area contributed by atoms with Crippen molar-refractivity contribution in [1.29, 1.82) is 0 Å². The van der Waals surface area contributed by atoms with E-state index in [2.05, 4.69) is 4.74 Å². The van der Waals surface area contributed by atoms with Gasteiger partial charge in [-0.25, -0.2) is 0 Å². The predicted molar refractivity (Wildman–Crippen MR) is 66.4 cm³/mol. The Morgan fingerprint density at radius 1 is 1.29 bits per heavy atom. The molecule has 4 heteroatoms. The lowest BCUT2D eigenvalue weighted by Crippen LogP contribution is -2.04. The third-order valence-electron chi connectivity index (χ3n) is 2.44. The standard InChI is InChI=1S/C13H15ClO3/c1-9-6-7-10(11(14)8-9)12(15)4-3-5-13(16)17-2/h6-8H,3-5H2,1-2H3. The normalized spacial score (nSPS) is 10.1. The highest BCUT2D eigenvalue weighted by atomic mass is 35.5. The Balaban J connectivity index is 2.55. The molecule has 0 fully saturated rings. The summed E-state index contributed by atoms with van der Waals surface area (Å²) < 4.78 is 4.50. The van der Waals surface area contributed by atoms with Crippen LogP contribution in [0.15, 0.2) is 18.2 Å². The van der Waals surface area contributed by atoms with Crippen LogP contribution in [-0.2, 0) is 9.53 Å². The number of Topliss-reactive ketones (excluding diaryl/α,β-unsaturated/α-hetero) is 1. The number of ether oxygens (including phenoxy) is 1. The summed E-state index contributed by atoms with van der Waals surface area (Å²) in [6, 6.07) is 5.33. The van der Waals surface area contributed by atoms with Gasteiger partial charge in [0.25, 0.3) is 0 Å². The molecule has 0 N–H and O–H groups in total. The molecule has 0 aliphatic heterocycles. The van der Waals surface area contributed by atoms with Crippen molar-refractivity contribution in [2.75, 3.05) is 7.11 Å². The van der Waals surface area contributed by atoms with Crippen molar-refractivity contribution in [2.45, 2.75) is 26.2 Å². The van der Waals surface area contributed by atoms with Gasteiger partial charge in [-0.05, 0) is 31.0 Å². The van der Waals surface area contributed by atoms with Crippen molar-refractivity contribution in [3.63, 3.8) is 0 Å². The molecular weight excluding hydrogens is 240 g/mol. The molecule has 1 aromatic carbocycles. The van der Waals surface area contributed by atoms with E-state index in [4.69, 9.17) is 11.6 Å². The number of carbonyl (C=O) groups is 2. The van der Waals surface area contributed by atoms with Crippen LogP contribution in [0.4, 0.5) is 0 Å². The SMILES string of the molecule is COC(=O)CCCC(=O)c1ccc(C)cc1Cl. The van der Waals surface area contributed by atoms with Crippen LogP contribution in [-0.4, -0.2) is 18.9 Å². The van der Waals surface area contributed by atoms with Crippen LogP contribution in [0.3, 0.4) is 0 Å². The number of halogens is 1. The topological polar surface area (TPSA) is 43.4 Å². The van der Waals surface area contributed by atoms with Crippen molar-refractivity contribution in [3.05, 3.63) is 34.3 Å². The number of esters is 1. The summed E-state index contributed by atoms with van der Waals surface area (Å²) in [4.78, 5) is 22.7. The van der Waals surface area contributed by atoms with Gasteiger partial charge in [0.1, 0.15) is 0 Å². The molecule has 0 saturated carbocycles. The van der Waals surface area contributed by atoms with E-state index in [0.29, 0.717) is 23.4 Å². The molecular formula is C13H15ClO3. The Morgan fingerprint density at radius 2 is 2.00 bits per heavy atom. The van der Waals surface area contributed by atoms with Crippen LogP contribution in [0.25, 0.3) is 0 Å². The number of aryl methyl sites for hydroxylation is 1. The minimum atomic E-state index is -0.298. The Kier molecular flexibility index (Phi) is 5.16. The summed E-state index contributed by atoms with van der Waals surface area (Å²) in [5, 5.41) is 0.466. The Labute approximate surface area is 106 Å². The molecule has 0 atom stereocenters. The van der Waals surface area contributed by atoms with Crippen molar-refractivity contribution in [3.8, 4) is 0 Å². The second-order valence-corrected chi connectivity index (χ2v) is 4.24. The maximum Gasteiger partial charge on any atom is 0.305 e. The van der Waals surface area contributed by atoms with Gasteiger partial charge in [0, 0.05) is 18.4 Å². The minimum Gasteiger partial charge on any atom is -0.469 e. The average molecular weight is 255 g/mol. The van der Waals surface area contributed by atoms with E-state index in [9.17, 15) is 9.59 Å². The van der Waals surface area contributed by atoms with Crippen LogP contribution < -0.4 is 0 Å². The summed E-state index contributed by atoms with van der Waals surface area (Å²) in [7, 11) is 1.33. The van der Waals surface area contributed by atoms with E-state index >= 15 is 0 Å². The zero-order chi connectivity index (χ0) is 12.8. The van der Waals surface area contributed by atoms with E-state index in [1.54, 1.807) is 12.1 Å². The molecule has 0 spiro atoms. The predicted octanol–water partition coefficient (Wildman–Crippen LogP) is 3.17. The van der Waals surface area contributed by atoms with Crippen LogP contribution in [0.5, 0.6) is 0 Å². The lowest BCUT2D eigenvalue weighted by Gasteiger charge is -2.04. The number of rotatable bonds is 5. The molecule has 1 aromatic rings. The average Bonchev–Trinajstić information content (AvgIpc) is 2.28. The smallest absolute Gasteiger partial charge is 0.305 e. The van der Waals surface area contributed by atoms with E-state index in [0.717, 1.165) is 5.56 Å². The molecule has 0 radical (unpaired) electrons. The van der Waals surface area contributed by atoms with Gasteiger partial charge in [-0.3, -0.25) is 9.59 Å². The largest absolute Gasteiger partial charge is 0.469 e. The highest BCUT2D eigenvalue weighted by molar-refractivity contribution is 6.34. The quantitative estimate of drug-likeness (QED) is 0.599. The third kappa shape index (κ3) is 4.19. The number of methoxy groups -OCH3 is 1. The highest BCUT2D eigenvalue weighted by Gasteiger charge is 2.11. The first-order chi connectivity index (χ1) is 8.04. The van der Waals surface area contributed by atoms with Gasteiger partial charge in [0.15, 0.2) is 5.78 Å². The van der Waals surface area contributed by atoms with Crippen LogP contribution >= 0.6 is 11.6 Å². The Morgan fingerprint density at radius 3 is 2.59 bits per heavy atom. The maximum atomic E-state index is 11.8. The Hall–Kier alpha value is -1.35. The lowest BCUT2D eigenvalue weighted by atomic mass is 10.0. The van der Waals surface area contributed by atoms with Gasteiger partial charge >= 0.3 is 5.97 Å². The molecule has 0 amide bonds. The zero-order valence-electron chi connectivity index (χ0n) is 9.96. The molecule has 0 aliphatic carbocycles. The molecule has 92 valence electrons. The number of hydrogen-bond acceptors (Lipinski definition) is 3.